The van der Waals surface area contributed by atoms with E-state index in [1.54, 1.807) is 0 Å². The molecular weight excluding hydrogens is 336 g/mol. The number of aromatic nitrogens is 2. The largest absolute Gasteiger partial charge is 0.331 e. The van der Waals surface area contributed by atoms with Crippen molar-refractivity contribution in [3.05, 3.63) is 40.9 Å². The number of amides is 1. The number of carbonyl (C=O) groups excluding carboxylic acids is 1. The molecule has 5 nitrogen and oxygen atoms in total. The fourth-order valence-electron chi connectivity index (χ4n) is 4.84. The summed E-state index contributed by atoms with van der Waals surface area (Å²) in [6.07, 6.45) is 18.2. The van der Waals surface area contributed by atoms with E-state index in [2.05, 4.69) is 26.2 Å². The Labute approximate surface area is 160 Å². The molecule has 142 valence electrons. The molecule has 1 aliphatic heterocycles. The van der Waals surface area contributed by atoms with Gasteiger partial charge in [-0.2, -0.15) is 5.10 Å². The van der Waals surface area contributed by atoms with E-state index < -0.39 is 0 Å². The van der Waals surface area contributed by atoms with Crippen molar-refractivity contribution < 1.29 is 4.79 Å². The number of carbonyl (C=O) groups is 1. The summed E-state index contributed by atoms with van der Waals surface area (Å²) < 4.78 is 0. The normalized spacial score (nSPS) is 25.2. The van der Waals surface area contributed by atoms with Crippen molar-refractivity contribution >= 4 is 11.6 Å². The molecule has 0 saturated heterocycles. The second-order valence-electron chi connectivity index (χ2n) is 8.42. The molecule has 3 aliphatic carbocycles. The molecule has 1 saturated carbocycles. The predicted octanol–water partition coefficient (Wildman–Crippen LogP) is 3.88. The Hall–Kier alpha value is -2.17. The molecule has 0 bridgehead atoms. The monoisotopic (exact) mass is 364 g/mol. The zero-order valence-electron chi connectivity index (χ0n) is 15.9. The van der Waals surface area contributed by atoms with Crippen molar-refractivity contribution in [2.45, 2.75) is 82.7 Å². The first kappa shape index (κ1) is 17.0. The Kier molecular flexibility index (Phi) is 4.46. The molecule has 1 amide bonds. The van der Waals surface area contributed by atoms with Crippen LogP contribution in [0.2, 0.25) is 0 Å². The zero-order valence-corrected chi connectivity index (χ0v) is 15.9. The van der Waals surface area contributed by atoms with Crippen LogP contribution in [0.5, 0.6) is 0 Å². The molecule has 1 unspecified atom stereocenters. The van der Waals surface area contributed by atoms with E-state index in [9.17, 15) is 4.79 Å². The molecule has 1 aromatic heterocycles. The number of allylic oxidation sites excluding steroid dienone is 3. The first-order valence-corrected chi connectivity index (χ1v) is 10.6. The topological polar surface area (TPSA) is 61.4 Å². The molecule has 0 spiro atoms. The number of rotatable bonds is 4. The number of fused-ring (bicyclic) bond motifs is 1. The Bertz CT molecular complexity index is 827. The lowest BCUT2D eigenvalue weighted by Gasteiger charge is -2.35. The number of aliphatic imine (C=N–C) groups is 1. The highest BCUT2D eigenvalue weighted by Crippen LogP contribution is 2.35. The van der Waals surface area contributed by atoms with E-state index >= 15 is 0 Å². The van der Waals surface area contributed by atoms with Crippen LogP contribution < -0.4 is 0 Å². The standard InChI is InChI=1S/C22H28N4O/c27-22(21-10-6-16(13-23-21)15-4-2-1-3-5-15)26(18-7-8-18)19-9-11-20-17(12-19)14-24-25-20/h4,13-14,18-19H,1-3,5-12H2,(H,24,25). The van der Waals surface area contributed by atoms with Crippen LogP contribution in [-0.4, -0.2) is 38.8 Å². The molecule has 5 rings (SSSR count). The SMILES string of the molecule is O=C(C1=NC=C(C2=CCCCC2)CC1)N(C1CC1)C1CCc2[nH]ncc2C1. The van der Waals surface area contributed by atoms with Gasteiger partial charge in [-0.3, -0.25) is 14.9 Å². The number of aromatic amines is 1. The van der Waals surface area contributed by atoms with Crippen LogP contribution in [-0.2, 0) is 17.6 Å². The second-order valence-corrected chi connectivity index (χ2v) is 8.42. The molecule has 27 heavy (non-hydrogen) atoms. The first-order valence-electron chi connectivity index (χ1n) is 10.6. The fraction of sp³-hybridized carbons (Fsp3) is 0.591. The minimum Gasteiger partial charge on any atom is -0.331 e. The van der Waals surface area contributed by atoms with Gasteiger partial charge in [-0.05, 0) is 87.3 Å². The van der Waals surface area contributed by atoms with E-state index in [1.165, 1.54) is 48.1 Å². The molecule has 1 atom stereocenters. The smallest absolute Gasteiger partial charge is 0.268 e. The van der Waals surface area contributed by atoms with Crippen LogP contribution in [0.1, 0.15) is 69.0 Å². The third kappa shape index (κ3) is 3.40. The average molecular weight is 364 g/mol. The van der Waals surface area contributed by atoms with Gasteiger partial charge in [-0.15, -0.1) is 0 Å². The van der Waals surface area contributed by atoms with Gasteiger partial charge in [-0.25, -0.2) is 0 Å². The minimum absolute atomic E-state index is 0.183. The minimum atomic E-state index is 0.183. The van der Waals surface area contributed by atoms with Crippen LogP contribution in [0.4, 0.5) is 0 Å². The maximum absolute atomic E-state index is 13.3. The molecule has 2 heterocycles. The Balaban J connectivity index is 1.33. The van der Waals surface area contributed by atoms with E-state index in [-0.39, 0.29) is 5.91 Å². The van der Waals surface area contributed by atoms with Gasteiger partial charge in [-0.1, -0.05) is 6.08 Å². The van der Waals surface area contributed by atoms with Crippen molar-refractivity contribution in [2.75, 3.05) is 0 Å². The van der Waals surface area contributed by atoms with Gasteiger partial charge in [0.1, 0.15) is 5.71 Å². The number of hydrogen-bond donors (Lipinski definition) is 1. The van der Waals surface area contributed by atoms with Gasteiger partial charge < -0.3 is 4.90 Å². The number of aryl methyl sites for hydroxylation is 1. The fourth-order valence-corrected chi connectivity index (χ4v) is 4.84. The molecule has 0 aromatic carbocycles. The highest BCUT2D eigenvalue weighted by Gasteiger charge is 2.40. The van der Waals surface area contributed by atoms with Gasteiger partial charge in [0.05, 0.1) is 6.20 Å². The van der Waals surface area contributed by atoms with Crippen LogP contribution in [0, 0.1) is 0 Å². The molecule has 5 heteroatoms. The summed E-state index contributed by atoms with van der Waals surface area (Å²) in [6.45, 7) is 0. The molecule has 1 N–H and O–H groups in total. The van der Waals surface area contributed by atoms with Gasteiger partial charge in [0.25, 0.3) is 5.91 Å². The highest BCUT2D eigenvalue weighted by molar-refractivity contribution is 6.39. The van der Waals surface area contributed by atoms with Crippen LogP contribution in [0.3, 0.4) is 0 Å². The molecule has 1 aromatic rings. The maximum atomic E-state index is 13.3. The lowest BCUT2D eigenvalue weighted by atomic mass is 9.89. The number of H-pyrrole nitrogens is 1. The first-order chi connectivity index (χ1) is 13.3. The van der Waals surface area contributed by atoms with Gasteiger partial charge in [0.2, 0.25) is 0 Å². The number of nitrogens with one attached hydrogen (secondary N) is 1. The van der Waals surface area contributed by atoms with Crippen LogP contribution in [0.25, 0.3) is 0 Å². The Morgan fingerprint density at radius 2 is 1.96 bits per heavy atom. The number of nitrogens with zero attached hydrogens (tertiary/aromatic N) is 3. The molecule has 4 aliphatic rings. The molecule has 0 radical (unpaired) electrons. The third-order valence-electron chi connectivity index (χ3n) is 6.52. The summed E-state index contributed by atoms with van der Waals surface area (Å²) in [6, 6.07) is 0.717. The summed E-state index contributed by atoms with van der Waals surface area (Å²) in [5.74, 6) is 0.183. The summed E-state index contributed by atoms with van der Waals surface area (Å²) in [4.78, 5) is 20.2. The van der Waals surface area contributed by atoms with E-state index in [0.29, 0.717) is 12.1 Å². The highest BCUT2D eigenvalue weighted by atomic mass is 16.2. The van der Waals surface area contributed by atoms with E-state index in [4.69, 9.17) is 0 Å². The van der Waals surface area contributed by atoms with Crippen molar-refractivity contribution in [3.8, 4) is 0 Å². The Morgan fingerprint density at radius 3 is 2.70 bits per heavy atom. The second kappa shape index (κ2) is 7.10. The van der Waals surface area contributed by atoms with Crippen LogP contribution >= 0.6 is 0 Å². The quantitative estimate of drug-likeness (QED) is 0.881. The lowest BCUT2D eigenvalue weighted by molar-refractivity contribution is -0.127. The zero-order chi connectivity index (χ0) is 18.2. The maximum Gasteiger partial charge on any atom is 0.268 e. The summed E-state index contributed by atoms with van der Waals surface area (Å²) in [5, 5.41) is 7.28. The lowest BCUT2D eigenvalue weighted by Crippen LogP contribution is -2.47. The van der Waals surface area contributed by atoms with Gasteiger partial charge in [0.15, 0.2) is 0 Å². The predicted molar refractivity (Wildman–Crippen MR) is 106 cm³/mol. The van der Waals surface area contributed by atoms with Crippen molar-refractivity contribution in [2.24, 2.45) is 4.99 Å². The molecular formula is C22H28N4O. The van der Waals surface area contributed by atoms with Gasteiger partial charge >= 0.3 is 0 Å². The Morgan fingerprint density at radius 1 is 1.04 bits per heavy atom. The third-order valence-corrected chi connectivity index (χ3v) is 6.52. The summed E-state index contributed by atoms with van der Waals surface area (Å²) >= 11 is 0. The average Bonchev–Trinajstić information content (AvgIpc) is 3.44. The van der Waals surface area contributed by atoms with Gasteiger partial charge in [0, 0.05) is 24.0 Å². The van der Waals surface area contributed by atoms with Crippen LogP contribution in [0.15, 0.2) is 34.6 Å². The van der Waals surface area contributed by atoms with Crippen molar-refractivity contribution in [1.29, 1.82) is 0 Å². The van der Waals surface area contributed by atoms with E-state index in [1.807, 2.05) is 12.4 Å². The summed E-state index contributed by atoms with van der Waals surface area (Å²) in [5.41, 5.74) is 6.11. The molecule has 1 fully saturated rings. The van der Waals surface area contributed by atoms with E-state index in [0.717, 1.165) is 50.7 Å². The van der Waals surface area contributed by atoms with Crippen molar-refractivity contribution in [1.82, 2.24) is 15.1 Å². The summed E-state index contributed by atoms with van der Waals surface area (Å²) in [7, 11) is 0. The number of hydrogen-bond acceptors (Lipinski definition) is 3. The van der Waals surface area contributed by atoms with Crippen molar-refractivity contribution in [3.63, 3.8) is 0 Å².